The Kier molecular flexibility index (Phi) is 12.8. The number of rotatable bonds is 13. The van der Waals surface area contributed by atoms with Gasteiger partial charge in [-0.15, -0.1) is 12.3 Å². The van der Waals surface area contributed by atoms with Gasteiger partial charge in [-0.1, -0.05) is 40.2 Å². The molecule has 0 aromatic carbocycles. The van der Waals surface area contributed by atoms with Crippen LogP contribution in [0.2, 0.25) is 6.04 Å². The van der Waals surface area contributed by atoms with Crippen molar-refractivity contribution in [1.29, 1.82) is 0 Å². The molecule has 2 nitrogen and oxygen atoms in total. The summed E-state index contributed by atoms with van der Waals surface area (Å²) in [6.45, 7) is 17.9. The van der Waals surface area contributed by atoms with Gasteiger partial charge in [-0.3, -0.25) is 9.80 Å². The quantitative estimate of drug-likeness (QED) is 0.291. The lowest BCUT2D eigenvalue weighted by molar-refractivity contribution is 0.0418. The molecule has 0 saturated carbocycles. The number of nitrogens with zero attached hydrogens (tertiary/aromatic N) is 2. The van der Waals surface area contributed by atoms with Crippen molar-refractivity contribution in [2.45, 2.75) is 65.6 Å². The van der Waals surface area contributed by atoms with Gasteiger partial charge in [-0.25, -0.2) is 0 Å². The smallest absolute Gasteiger partial charge is 0.0622 e. The molecule has 0 rings (SSSR count). The predicted molar refractivity (Wildman–Crippen MR) is 91.6 cm³/mol. The van der Waals surface area contributed by atoms with E-state index in [1.807, 2.05) is 0 Å². The second-order valence-electron chi connectivity index (χ2n) is 5.31. The van der Waals surface area contributed by atoms with Crippen molar-refractivity contribution in [3.05, 3.63) is 12.3 Å². The summed E-state index contributed by atoms with van der Waals surface area (Å²) in [5.74, 6) is 0. The van der Waals surface area contributed by atoms with Crippen LogP contribution in [0.4, 0.5) is 0 Å². The van der Waals surface area contributed by atoms with Gasteiger partial charge in [0.15, 0.2) is 0 Å². The van der Waals surface area contributed by atoms with Crippen LogP contribution >= 0.6 is 0 Å². The molecule has 19 heavy (non-hydrogen) atoms. The van der Waals surface area contributed by atoms with Crippen LogP contribution in [0.5, 0.6) is 0 Å². The second-order valence-corrected chi connectivity index (χ2v) is 7.17. The van der Waals surface area contributed by atoms with Crippen molar-refractivity contribution in [3.8, 4) is 0 Å². The molecular formula is C16H36N2Si. The van der Waals surface area contributed by atoms with Crippen molar-refractivity contribution in [2.75, 3.05) is 26.2 Å². The molecule has 0 heterocycles. The minimum atomic E-state index is 0.0209. The van der Waals surface area contributed by atoms with E-state index in [4.69, 9.17) is 0 Å². The van der Waals surface area contributed by atoms with Crippen LogP contribution < -0.4 is 0 Å². The largest absolute Gasteiger partial charge is 0.288 e. The molecule has 0 aliphatic rings. The molecule has 0 radical (unpaired) electrons. The van der Waals surface area contributed by atoms with Crippen LogP contribution in [0.15, 0.2) is 12.3 Å². The summed E-state index contributed by atoms with van der Waals surface area (Å²) in [6, 6.07) is 1.42. The van der Waals surface area contributed by atoms with Gasteiger partial charge in [-0.05, 0) is 45.4 Å². The molecule has 0 aliphatic carbocycles. The lowest BCUT2D eigenvalue weighted by Gasteiger charge is -2.39. The van der Waals surface area contributed by atoms with Crippen LogP contribution in [0.3, 0.4) is 0 Å². The van der Waals surface area contributed by atoms with E-state index in [2.05, 4.69) is 49.8 Å². The maximum absolute atomic E-state index is 3.88. The third-order valence-corrected chi connectivity index (χ3v) is 5.11. The molecular weight excluding hydrogens is 248 g/mol. The van der Waals surface area contributed by atoms with Gasteiger partial charge in [0.1, 0.15) is 0 Å². The summed E-state index contributed by atoms with van der Waals surface area (Å²) in [7, 11) is 0.0209. The molecule has 0 aliphatic heterocycles. The fourth-order valence-corrected chi connectivity index (χ4v) is 3.69. The van der Waals surface area contributed by atoms with Crippen LogP contribution in [0, 0.1) is 0 Å². The van der Waals surface area contributed by atoms with E-state index < -0.39 is 0 Å². The van der Waals surface area contributed by atoms with E-state index in [9.17, 15) is 0 Å². The highest BCUT2D eigenvalue weighted by Crippen LogP contribution is 2.15. The van der Waals surface area contributed by atoms with Crippen LogP contribution in [0.25, 0.3) is 0 Å². The van der Waals surface area contributed by atoms with Crippen molar-refractivity contribution in [2.24, 2.45) is 0 Å². The van der Waals surface area contributed by atoms with Crippen molar-refractivity contribution in [1.82, 2.24) is 9.80 Å². The molecule has 0 aromatic heterocycles. The fourth-order valence-electron chi connectivity index (χ4n) is 2.82. The Labute approximate surface area is 124 Å². The van der Waals surface area contributed by atoms with E-state index in [-0.39, 0.29) is 9.52 Å². The van der Waals surface area contributed by atoms with E-state index in [1.54, 1.807) is 0 Å². The highest BCUT2D eigenvalue weighted by Gasteiger charge is 2.21. The Morgan fingerprint density at radius 1 is 1.00 bits per heavy atom. The van der Waals surface area contributed by atoms with Gasteiger partial charge in [0.05, 0.1) is 6.17 Å². The minimum Gasteiger partial charge on any atom is -0.288 e. The number of hydrogen-bond donors (Lipinski definition) is 0. The molecule has 114 valence electrons. The molecule has 0 bridgehead atoms. The zero-order chi connectivity index (χ0) is 14.5. The standard InChI is InChI=1S/C16H36N2Si/c1-6-13-17(8-3)16(12-11-15-19-10-5)18(9-4)14-7-2/h10,16H,5-9,11-15,19H2,1-4H3. The summed E-state index contributed by atoms with van der Waals surface area (Å²) in [5.41, 5.74) is 2.18. The summed E-state index contributed by atoms with van der Waals surface area (Å²) in [6.07, 6.45) is 5.89. The van der Waals surface area contributed by atoms with E-state index in [0.29, 0.717) is 6.17 Å². The second kappa shape index (κ2) is 12.9. The SMILES string of the molecule is C=C[SiH2]CCCC(N(CC)CCC)N(CC)CCC. The van der Waals surface area contributed by atoms with Gasteiger partial charge in [0.25, 0.3) is 0 Å². The van der Waals surface area contributed by atoms with E-state index >= 15 is 0 Å². The monoisotopic (exact) mass is 284 g/mol. The van der Waals surface area contributed by atoms with Crippen LogP contribution in [-0.4, -0.2) is 51.7 Å². The fraction of sp³-hybridized carbons (Fsp3) is 0.875. The molecule has 0 saturated heterocycles. The van der Waals surface area contributed by atoms with Gasteiger partial charge >= 0.3 is 0 Å². The van der Waals surface area contributed by atoms with Gasteiger partial charge in [-0.2, -0.15) is 0 Å². The highest BCUT2D eigenvalue weighted by atomic mass is 28.2. The zero-order valence-electron chi connectivity index (χ0n) is 13.8. The van der Waals surface area contributed by atoms with Gasteiger partial charge in [0, 0.05) is 9.52 Å². The van der Waals surface area contributed by atoms with Crippen molar-refractivity contribution in [3.63, 3.8) is 0 Å². The van der Waals surface area contributed by atoms with E-state index in [1.165, 1.54) is 57.9 Å². The molecule has 0 aromatic rings. The zero-order valence-corrected chi connectivity index (χ0v) is 15.2. The minimum absolute atomic E-state index is 0.0209. The first-order valence-corrected chi connectivity index (χ1v) is 10.2. The molecule has 0 atom stereocenters. The molecule has 0 N–H and O–H groups in total. The molecule has 0 fully saturated rings. The van der Waals surface area contributed by atoms with Crippen LogP contribution in [0.1, 0.15) is 53.4 Å². The number of hydrogen-bond acceptors (Lipinski definition) is 2. The Morgan fingerprint density at radius 2 is 1.53 bits per heavy atom. The average Bonchev–Trinajstić information content (AvgIpc) is 2.43. The topological polar surface area (TPSA) is 6.48 Å². The summed E-state index contributed by atoms with van der Waals surface area (Å²) < 4.78 is 0. The summed E-state index contributed by atoms with van der Waals surface area (Å²) in [5, 5.41) is 0. The lowest BCUT2D eigenvalue weighted by atomic mass is 10.2. The van der Waals surface area contributed by atoms with Crippen LogP contribution in [-0.2, 0) is 0 Å². The maximum atomic E-state index is 3.88. The molecule has 0 amide bonds. The molecule has 0 unspecified atom stereocenters. The Morgan fingerprint density at radius 3 is 1.89 bits per heavy atom. The maximum Gasteiger partial charge on any atom is 0.0622 e. The van der Waals surface area contributed by atoms with Crippen molar-refractivity contribution < 1.29 is 0 Å². The van der Waals surface area contributed by atoms with Gasteiger partial charge in [0.2, 0.25) is 0 Å². The predicted octanol–water partition coefficient (Wildman–Crippen LogP) is 3.29. The Balaban J connectivity index is 4.53. The third kappa shape index (κ3) is 7.90. The summed E-state index contributed by atoms with van der Waals surface area (Å²) >= 11 is 0. The third-order valence-electron chi connectivity index (χ3n) is 3.80. The molecule has 3 heteroatoms. The Bertz CT molecular complexity index is 195. The average molecular weight is 285 g/mol. The van der Waals surface area contributed by atoms with Crippen molar-refractivity contribution >= 4 is 9.52 Å². The first-order chi connectivity index (χ1) is 9.24. The highest BCUT2D eigenvalue weighted by molar-refractivity contribution is 6.41. The summed E-state index contributed by atoms with van der Waals surface area (Å²) in [4.78, 5) is 5.35. The molecule has 0 spiro atoms. The first kappa shape index (κ1) is 18.9. The van der Waals surface area contributed by atoms with Gasteiger partial charge < -0.3 is 0 Å². The van der Waals surface area contributed by atoms with E-state index in [0.717, 1.165) is 0 Å². The Hall–Kier alpha value is -0.123. The lowest BCUT2D eigenvalue weighted by Crippen LogP contribution is -2.49. The first-order valence-electron chi connectivity index (χ1n) is 8.33. The normalized spacial score (nSPS) is 12.4.